The number of pyridine rings is 1. The molecule has 0 N–H and O–H groups in total. The van der Waals surface area contributed by atoms with Crippen LogP contribution in [0, 0.1) is 0 Å². The van der Waals surface area contributed by atoms with Gasteiger partial charge in [-0.3, -0.25) is 0 Å². The molecule has 1 rings (SSSR count). The fourth-order valence-corrected chi connectivity index (χ4v) is 1.53. The van der Waals surface area contributed by atoms with Gasteiger partial charge in [-0.1, -0.05) is 6.07 Å². The van der Waals surface area contributed by atoms with Gasteiger partial charge in [0.15, 0.2) is 0 Å². The number of nitrogens with zero attached hydrogens (tertiary/aromatic N) is 1. The molecule has 0 aliphatic carbocycles. The SMILES string of the molecule is COC(C)(OC)c1cccc(C(C)(OC)OC)n1. The first kappa shape index (κ1) is 15.0. The predicted octanol–water partition coefficient (Wildman–Crippen LogP) is 2.01. The van der Waals surface area contributed by atoms with Crippen LogP contribution >= 0.6 is 0 Å². The summed E-state index contributed by atoms with van der Waals surface area (Å²) in [6.07, 6.45) is 0. The minimum Gasteiger partial charge on any atom is -0.348 e. The summed E-state index contributed by atoms with van der Waals surface area (Å²) >= 11 is 0. The zero-order valence-corrected chi connectivity index (χ0v) is 11.8. The zero-order valence-electron chi connectivity index (χ0n) is 11.8. The van der Waals surface area contributed by atoms with Crippen molar-refractivity contribution in [1.82, 2.24) is 4.98 Å². The predicted molar refractivity (Wildman–Crippen MR) is 67.0 cm³/mol. The molecular formula is C13H21NO4. The monoisotopic (exact) mass is 255 g/mol. The fraction of sp³-hybridized carbons (Fsp3) is 0.615. The van der Waals surface area contributed by atoms with Gasteiger partial charge >= 0.3 is 0 Å². The summed E-state index contributed by atoms with van der Waals surface area (Å²) in [7, 11) is 6.29. The molecule has 0 bridgehead atoms. The van der Waals surface area contributed by atoms with Gasteiger partial charge in [0.25, 0.3) is 0 Å². The van der Waals surface area contributed by atoms with Crippen LogP contribution in [0.15, 0.2) is 18.2 Å². The Kier molecular flexibility index (Phi) is 4.81. The molecule has 102 valence electrons. The lowest BCUT2D eigenvalue weighted by Gasteiger charge is -2.29. The van der Waals surface area contributed by atoms with Crippen molar-refractivity contribution in [3.63, 3.8) is 0 Å². The van der Waals surface area contributed by atoms with Crippen LogP contribution < -0.4 is 0 Å². The second-order valence-corrected chi connectivity index (χ2v) is 4.12. The van der Waals surface area contributed by atoms with Crippen LogP contribution in [0.5, 0.6) is 0 Å². The molecule has 0 radical (unpaired) electrons. The highest BCUT2D eigenvalue weighted by Crippen LogP contribution is 2.28. The van der Waals surface area contributed by atoms with Gasteiger partial charge in [0.1, 0.15) is 0 Å². The quantitative estimate of drug-likeness (QED) is 0.728. The molecule has 0 fully saturated rings. The maximum Gasteiger partial charge on any atom is 0.208 e. The van der Waals surface area contributed by atoms with E-state index in [2.05, 4.69) is 4.98 Å². The van der Waals surface area contributed by atoms with Crippen LogP contribution in [0.2, 0.25) is 0 Å². The van der Waals surface area contributed by atoms with E-state index in [9.17, 15) is 0 Å². The summed E-state index contributed by atoms with van der Waals surface area (Å²) in [4.78, 5) is 4.50. The van der Waals surface area contributed by atoms with E-state index in [-0.39, 0.29) is 0 Å². The molecule has 1 heterocycles. The summed E-state index contributed by atoms with van der Waals surface area (Å²) < 4.78 is 21.4. The maximum absolute atomic E-state index is 5.34. The topological polar surface area (TPSA) is 49.8 Å². The van der Waals surface area contributed by atoms with Crippen LogP contribution in [0.4, 0.5) is 0 Å². The lowest BCUT2D eigenvalue weighted by Crippen LogP contribution is -2.32. The average Bonchev–Trinajstić information content (AvgIpc) is 2.45. The van der Waals surface area contributed by atoms with Crippen molar-refractivity contribution in [1.29, 1.82) is 0 Å². The molecule has 0 spiro atoms. The first-order chi connectivity index (χ1) is 8.45. The zero-order chi connectivity index (χ0) is 13.8. The van der Waals surface area contributed by atoms with E-state index in [1.54, 1.807) is 42.3 Å². The minimum atomic E-state index is -0.890. The Labute approximate surface area is 108 Å². The lowest BCUT2D eigenvalue weighted by atomic mass is 10.1. The van der Waals surface area contributed by atoms with E-state index in [1.807, 2.05) is 18.2 Å². The summed E-state index contributed by atoms with van der Waals surface area (Å²) in [6.45, 7) is 3.60. The van der Waals surface area contributed by atoms with Crippen molar-refractivity contribution in [2.45, 2.75) is 25.4 Å². The van der Waals surface area contributed by atoms with Crippen molar-refractivity contribution in [3.8, 4) is 0 Å². The van der Waals surface area contributed by atoms with Crippen LogP contribution in [0.25, 0.3) is 0 Å². The molecule has 1 aromatic rings. The molecule has 18 heavy (non-hydrogen) atoms. The minimum absolute atomic E-state index is 0.658. The third-order valence-electron chi connectivity index (χ3n) is 3.24. The molecule has 0 saturated carbocycles. The first-order valence-corrected chi connectivity index (χ1v) is 5.64. The molecular weight excluding hydrogens is 234 g/mol. The second kappa shape index (κ2) is 5.75. The van der Waals surface area contributed by atoms with Crippen LogP contribution in [0.1, 0.15) is 25.2 Å². The molecule has 0 aliphatic heterocycles. The van der Waals surface area contributed by atoms with Gasteiger partial charge in [-0.15, -0.1) is 0 Å². The first-order valence-electron chi connectivity index (χ1n) is 5.64. The Morgan fingerprint density at radius 1 is 0.778 bits per heavy atom. The van der Waals surface area contributed by atoms with Crippen molar-refractivity contribution < 1.29 is 18.9 Å². The second-order valence-electron chi connectivity index (χ2n) is 4.12. The maximum atomic E-state index is 5.34. The smallest absolute Gasteiger partial charge is 0.208 e. The molecule has 5 nitrogen and oxygen atoms in total. The van der Waals surface area contributed by atoms with Gasteiger partial charge in [-0.25, -0.2) is 4.98 Å². The molecule has 0 amide bonds. The highest BCUT2D eigenvalue weighted by molar-refractivity contribution is 5.18. The summed E-state index contributed by atoms with van der Waals surface area (Å²) in [5.74, 6) is -1.78. The Morgan fingerprint density at radius 2 is 1.11 bits per heavy atom. The van der Waals surface area contributed by atoms with E-state index < -0.39 is 11.6 Å². The number of ether oxygens (including phenoxy) is 4. The standard InChI is InChI=1S/C13H21NO4/c1-12(15-3,16-4)10-8-7-9-11(14-10)13(2,17-5)18-6/h7-9H,1-6H3. The highest BCUT2D eigenvalue weighted by atomic mass is 16.7. The molecule has 0 atom stereocenters. The van der Waals surface area contributed by atoms with Gasteiger partial charge < -0.3 is 18.9 Å². The van der Waals surface area contributed by atoms with Crippen LogP contribution in [-0.2, 0) is 30.5 Å². The van der Waals surface area contributed by atoms with E-state index >= 15 is 0 Å². The molecule has 0 aliphatic rings. The van der Waals surface area contributed by atoms with Crippen molar-refractivity contribution in [2.24, 2.45) is 0 Å². The molecule has 0 unspecified atom stereocenters. The Bertz CT molecular complexity index is 353. The van der Waals surface area contributed by atoms with Crippen molar-refractivity contribution in [2.75, 3.05) is 28.4 Å². The highest BCUT2D eigenvalue weighted by Gasteiger charge is 2.32. The van der Waals surface area contributed by atoms with E-state index in [1.165, 1.54) is 0 Å². The molecule has 5 heteroatoms. The van der Waals surface area contributed by atoms with E-state index in [4.69, 9.17) is 18.9 Å². The van der Waals surface area contributed by atoms with Gasteiger partial charge in [-0.05, 0) is 26.0 Å². The summed E-state index contributed by atoms with van der Waals surface area (Å²) in [6, 6.07) is 5.54. The number of rotatable bonds is 6. The van der Waals surface area contributed by atoms with Crippen molar-refractivity contribution in [3.05, 3.63) is 29.6 Å². The number of aromatic nitrogens is 1. The Morgan fingerprint density at radius 3 is 1.39 bits per heavy atom. The number of methoxy groups -OCH3 is 4. The average molecular weight is 255 g/mol. The third-order valence-corrected chi connectivity index (χ3v) is 3.24. The van der Waals surface area contributed by atoms with Gasteiger partial charge in [0.2, 0.25) is 11.6 Å². The summed E-state index contributed by atoms with van der Waals surface area (Å²) in [5.41, 5.74) is 1.32. The normalized spacial score (nSPS) is 12.8. The van der Waals surface area contributed by atoms with Gasteiger partial charge in [-0.2, -0.15) is 0 Å². The summed E-state index contributed by atoms with van der Waals surface area (Å²) in [5, 5.41) is 0. The number of hydrogen-bond donors (Lipinski definition) is 0. The molecule has 0 saturated heterocycles. The van der Waals surface area contributed by atoms with Crippen LogP contribution in [0.3, 0.4) is 0 Å². The van der Waals surface area contributed by atoms with Crippen LogP contribution in [-0.4, -0.2) is 33.4 Å². The van der Waals surface area contributed by atoms with Gasteiger partial charge in [0, 0.05) is 28.4 Å². The Balaban J connectivity index is 3.21. The largest absolute Gasteiger partial charge is 0.348 e. The third kappa shape index (κ3) is 2.70. The molecule has 1 aromatic heterocycles. The van der Waals surface area contributed by atoms with E-state index in [0.717, 1.165) is 0 Å². The van der Waals surface area contributed by atoms with Gasteiger partial charge in [0.05, 0.1) is 11.4 Å². The van der Waals surface area contributed by atoms with E-state index in [0.29, 0.717) is 11.4 Å². The fourth-order valence-electron chi connectivity index (χ4n) is 1.53. The lowest BCUT2D eigenvalue weighted by molar-refractivity contribution is -0.211. The Hall–Kier alpha value is -1.01. The molecule has 0 aromatic carbocycles. The van der Waals surface area contributed by atoms with Crippen molar-refractivity contribution >= 4 is 0 Å². The number of hydrogen-bond acceptors (Lipinski definition) is 5.